The van der Waals surface area contributed by atoms with Gasteiger partial charge in [0.2, 0.25) is 0 Å². The van der Waals surface area contributed by atoms with E-state index in [0.29, 0.717) is 0 Å². The predicted octanol–water partition coefficient (Wildman–Crippen LogP) is -0.705. The number of hydrogen-bond donors (Lipinski definition) is 2. The maximum Gasteiger partial charge on any atom is 0.327 e. The average Bonchev–Trinajstić information content (AvgIpc) is 2.39. The molecule has 1 aromatic rings. The molecule has 0 aromatic carbocycles. The molecule has 1 aromatic heterocycles. The van der Waals surface area contributed by atoms with Crippen LogP contribution >= 0.6 is 0 Å². The van der Waals surface area contributed by atoms with Gasteiger partial charge in [0.1, 0.15) is 6.04 Å². The monoisotopic (exact) mass is 156 g/mol. The number of nitrogens with one attached hydrogen (secondary N) is 1. The zero-order chi connectivity index (χ0) is 8.27. The van der Waals surface area contributed by atoms with Crippen molar-refractivity contribution in [3.63, 3.8) is 0 Å². The molecular weight excluding hydrogens is 148 g/mol. The first-order chi connectivity index (χ1) is 5.20. The summed E-state index contributed by atoms with van der Waals surface area (Å²) in [5.41, 5.74) is 2.56. The Morgan fingerprint density at radius 1 is 1.82 bits per heavy atom. The molecule has 11 heavy (non-hydrogen) atoms. The summed E-state index contributed by atoms with van der Waals surface area (Å²) in [5.74, 6) is -0.930. The molecule has 0 radical (unpaired) electrons. The third kappa shape index (κ3) is 1.92. The van der Waals surface area contributed by atoms with Crippen LogP contribution < -0.4 is 5.43 Å². The van der Waals surface area contributed by atoms with Crippen LogP contribution in [0.15, 0.2) is 12.4 Å². The van der Waals surface area contributed by atoms with E-state index >= 15 is 0 Å². The van der Waals surface area contributed by atoms with Gasteiger partial charge in [-0.15, -0.1) is 5.10 Å². The van der Waals surface area contributed by atoms with Crippen molar-refractivity contribution in [1.29, 1.82) is 0 Å². The highest BCUT2D eigenvalue weighted by Crippen LogP contribution is 1.83. The van der Waals surface area contributed by atoms with E-state index in [9.17, 15) is 4.79 Å². The van der Waals surface area contributed by atoms with Gasteiger partial charge < -0.3 is 5.11 Å². The van der Waals surface area contributed by atoms with E-state index in [1.807, 2.05) is 0 Å². The molecule has 6 nitrogen and oxygen atoms in total. The third-order valence-electron chi connectivity index (χ3n) is 1.12. The van der Waals surface area contributed by atoms with E-state index in [-0.39, 0.29) is 0 Å². The van der Waals surface area contributed by atoms with Gasteiger partial charge in [-0.2, -0.15) is 4.79 Å². The molecule has 0 spiro atoms. The Kier molecular flexibility index (Phi) is 2.05. The molecule has 1 rings (SSSR count). The fourth-order valence-electron chi connectivity index (χ4n) is 0.531. The quantitative estimate of drug-likeness (QED) is 0.604. The largest absolute Gasteiger partial charge is 0.480 e. The Balaban J connectivity index is 2.50. The Labute approximate surface area is 62.8 Å². The highest BCUT2D eigenvalue weighted by Gasteiger charge is 2.09. The highest BCUT2D eigenvalue weighted by atomic mass is 16.4. The van der Waals surface area contributed by atoms with E-state index in [2.05, 4.69) is 15.7 Å². The van der Waals surface area contributed by atoms with Gasteiger partial charge in [0.15, 0.2) is 0 Å². The minimum absolute atomic E-state index is 0.670. The Morgan fingerprint density at radius 3 is 3.00 bits per heavy atom. The van der Waals surface area contributed by atoms with Gasteiger partial charge >= 0.3 is 5.97 Å². The van der Waals surface area contributed by atoms with Crippen LogP contribution in [0, 0.1) is 0 Å². The highest BCUT2D eigenvalue weighted by molar-refractivity contribution is 5.74. The Hall–Kier alpha value is -1.59. The summed E-state index contributed by atoms with van der Waals surface area (Å²) < 4.78 is 0. The van der Waals surface area contributed by atoms with Crippen molar-refractivity contribution in [1.82, 2.24) is 15.1 Å². The minimum Gasteiger partial charge on any atom is -0.480 e. The summed E-state index contributed by atoms with van der Waals surface area (Å²) >= 11 is 0. The summed E-state index contributed by atoms with van der Waals surface area (Å²) in [6, 6.07) is -0.670. The van der Waals surface area contributed by atoms with Gasteiger partial charge in [-0.05, 0) is 12.1 Å². The molecule has 0 bridgehead atoms. The van der Waals surface area contributed by atoms with Crippen molar-refractivity contribution in [2.45, 2.75) is 13.0 Å². The topological polar surface area (TPSA) is 80.0 Å². The first kappa shape index (κ1) is 7.52. The van der Waals surface area contributed by atoms with Crippen LogP contribution in [-0.2, 0) is 4.79 Å². The lowest BCUT2D eigenvalue weighted by atomic mass is 10.4. The van der Waals surface area contributed by atoms with Gasteiger partial charge in [0, 0.05) is 0 Å². The summed E-state index contributed by atoms with van der Waals surface area (Å²) in [7, 11) is 0. The second-order valence-electron chi connectivity index (χ2n) is 2.04. The molecule has 1 atom stereocenters. The summed E-state index contributed by atoms with van der Waals surface area (Å²) in [5, 5.41) is 15.5. The summed E-state index contributed by atoms with van der Waals surface area (Å²) in [6.07, 6.45) is 2.99. The van der Waals surface area contributed by atoms with Crippen LogP contribution in [0.25, 0.3) is 0 Å². The van der Waals surface area contributed by atoms with Crippen molar-refractivity contribution >= 4 is 5.97 Å². The van der Waals surface area contributed by atoms with Crippen LogP contribution in [0.2, 0.25) is 0 Å². The molecule has 0 aliphatic heterocycles. The lowest BCUT2D eigenvalue weighted by molar-refractivity contribution is -0.137. The summed E-state index contributed by atoms with van der Waals surface area (Å²) in [4.78, 5) is 11.6. The van der Waals surface area contributed by atoms with E-state index in [4.69, 9.17) is 5.11 Å². The van der Waals surface area contributed by atoms with Gasteiger partial charge in [0.25, 0.3) is 0 Å². The zero-order valence-corrected chi connectivity index (χ0v) is 5.93. The van der Waals surface area contributed by atoms with Gasteiger partial charge in [-0.1, -0.05) is 0 Å². The van der Waals surface area contributed by atoms with Gasteiger partial charge in [0.05, 0.1) is 12.4 Å². The first-order valence-electron chi connectivity index (χ1n) is 3.06. The molecule has 2 N–H and O–H groups in total. The summed E-state index contributed by atoms with van der Waals surface area (Å²) in [6.45, 7) is 1.52. The number of carbonyl (C=O) groups is 1. The van der Waals surface area contributed by atoms with Crippen molar-refractivity contribution < 1.29 is 9.90 Å². The molecule has 0 saturated carbocycles. The normalized spacial score (nSPS) is 12.5. The number of aromatic nitrogens is 3. The molecular formula is C5H8N4O2. The second kappa shape index (κ2) is 3.00. The molecule has 1 heterocycles. The van der Waals surface area contributed by atoms with E-state index < -0.39 is 12.0 Å². The van der Waals surface area contributed by atoms with Crippen molar-refractivity contribution in [3.05, 3.63) is 12.4 Å². The van der Waals surface area contributed by atoms with Crippen molar-refractivity contribution in [2.75, 3.05) is 5.43 Å². The molecule has 0 amide bonds. The fraction of sp³-hybridized carbons (Fsp3) is 0.400. The number of carboxylic acids is 1. The van der Waals surface area contributed by atoms with Crippen LogP contribution in [0.1, 0.15) is 6.92 Å². The zero-order valence-electron chi connectivity index (χ0n) is 5.93. The molecule has 0 aliphatic rings. The maximum absolute atomic E-state index is 10.3. The van der Waals surface area contributed by atoms with E-state index in [1.165, 1.54) is 24.1 Å². The van der Waals surface area contributed by atoms with Crippen molar-refractivity contribution in [2.24, 2.45) is 0 Å². The standard InChI is InChI=1S/C5H8N4O2/c1-4(5(10)11)7-9-3-2-6-8-9/h2-4,7H,1H3,(H,10,11)/t4-/m0/s1. The molecule has 60 valence electrons. The van der Waals surface area contributed by atoms with E-state index in [0.717, 1.165) is 0 Å². The van der Waals surface area contributed by atoms with Crippen LogP contribution in [0.3, 0.4) is 0 Å². The number of aliphatic carboxylic acids is 1. The predicted molar refractivity (Wildman–Crippen MR) is 36.5 cm³/mol. The molecule has 0 aliphatic carbocycles. The van der Waals surface area contributed by atoms with Crippen LogP contribution in [0.4, 0.5) is 0 Å². The number of rotatable bonds is 3. The number of nitrogens with zero attached hydrogens (tertiary/aromatic N) is 3. The molecule has 0 fully saturated rings. The Bertz CT molecular complexity index is 233. The van der Waals surface area contributed by atoms with Crippen molar-refractivity contribution in [3.8, 4) is 0 Å². The van der Waals surface area contributed by atoms with Crippen LogP contribution in [-0.4, -0.2) is 32.2 Å². The number of carboxylic acid groups (broad SMARTS) is 1. The molecule has 6 heteroatoms. The second-order valence-corrected chi connectivity index (χ2v) is 2.04. The minimum atomic E-state index is -0.930. The van der Waals surface area contributed by atoms with Gasteiger partial charge in [-0.3, -0.25) is 5.43 Å². The third-order valence-corrected chi connectivity index (χ3v) is 1.12. The number of hydrogen-bond acceptors (Lipinski definition) is 4. The van der Waals surface area contributed by atoms with E-state index in [1.54, 1.807) is 0 Å². The fourth-order valence-corrected chi connectivity index (χ4v) is 0.531. The Morgan fingerprint density at radius 2 is 2.55 bits per heavy atom. The lowest BCUT2D eigenvalue weighted by Crippen LogP contribution is -2.32. The molecule has 0 saturated heterocycles. The maximum atomic E-state index is 10.3. The molecule has 0 unspecified atom stereocenters. The smallest absolute Gasteiger partial charge is 0.327 e. The van der Waals surface area contributed by atoms with Crippen LogP contribution in [0.5, 0.6) is 0 Å². The SMILES string of the molecule is C[C@H](Nn1ccnn1)C(=O)O. The average molecular weight is 156 g/mol. The van der Waals surface area contributed by atoms with Gasteiger partial charge in [-0.25, -0.2) is 4.79 Å². The first-order valence-corrected chi connectivity index (χ1v) is 3.06. The lowest BCUT2D eigenvalue weighted by Gasteiger charge is -2.08.